The summed E-state index contributed by atoms with van der Waals surface area (Å²) in [6, 6.07) is 9.36. The molecule has 7 heteroatoms. The summed E-state index contributed by atoms with van der Waals surface area (Å²) in [6.07, 6.45) is -0.668. The third-order valence-electron chi connectivity index (χ3n) is 2.97. The fourth-order valence-electron chi connectivity index (χ4n) is 1.65. The van der Waals surface area contributed by atoms with Gasteiger partial charge in [-0.3, -0.25) is 4.57 Å². The quantitative estimate of drug-likeness (QED) is 0.702. The molecule has 0 radical (unpaired) electrons. The van der Waals surface area contributed by atoms with Crippen molar-refractivity contribution in [1.29, 1.82) is 0 Å². The first-order chi connectivity index (χ1) is 10.7. The Labute approximate surface area is 138 Å². The predicted molar refractivity (Wildman–Crippen MR) is 89.6 cm³/mol. The van der Waals surface area contributed by atoms with Crippen LogP contribution >= 0.6 is 7.37 Å². The molecule has 0 saturated carbocycles. The standard InChI is InChI=1S/C16H26NO5P/c1-16(2,3)22-13-23(19,20-5)12-17(4)15(18)21-11-14-9-7-6-8-10-14/h6-10H,11-13H2,1-5H3. The van der Waals surface area contributed by atoms with Crippen LogP contribution in [-0.4, -0.2) is 43.4 Å². The highest BCUT2D eigenvalue weighted by atomic mass is 31.2. The van der Waals surface area contributed by atoms with Crippen molar-refractivity contribution in [2.45, 2.75) is 33.0 Å². The third-order valence-corrected chi connectivity index (χ3v) is 5.01. The van der Waals surface area contributed by atoms with Crippen LogP contribution in [-0.2, 0) is 25.2 Å². The zero-order chi connectivity index (χ0) is 17.5. The van der Waals surface area contributed by atoms with Crippen molar-refractivity contribution in [2.75, 3.05) is 26.8 Å². The van der Waals surface area contributed by atoms with Crippen LogP contribution in [0.25, 0.3) is 0 Å². The Balaban J connectivity index is 2.52. The largest absolute Gasteiger partial charge is 0.445 e. The van der Waals surface area contributed by atoms with E-state index < -0.39 is 19.1 Å². The van der Waals surface area contributed by atoms with E-state index >= 15 is 0 Å². The third kappa shape index (κ3) is 7.64. The van der Waals surface area contributed by atoms with Crippen molar-refractivity contribution < 1.29 is 23.4 Å². The molecule has 130 valence electrons. The van der Waals surface area contributed by atoms with Crippen LogP contribution in [0.5, 0.6) is 0 Å². The van der Waals surface area contributed by atoms with E-state index in [0.29, 0.717) is 0 Å². The van der Waals surface area contributed by atoms with E-state index in [-0.39, 0.29) is 19.2 Å². The SMILES string of the molecule is COP(=O)(COC(C)(C)C)CN(C)C(=O)OCc1ccccc1. The van der Waals surface area contributed by atoms with Crippen molar-refractivity contribution in [1.82, 2.24) is 4.90 Å². The zero-order valence-corrected chi connectivity index (χ0v) is 15.3. The van der Waals surface area contributed by atoms with Gasteiger partial charge in [0.2, 0.25) is 7.37 Å². The summed E-state index contributed by atoms with van der Waals surface area (Å²) in [6.45, 7) is 5.76. The monoisotopic (exact) mass is 343 g/mol. The number of amides is 1. The van der Waals surface area contributed by atoms with Gasteiger partial charge < -0.3 is 18.9 Å². The van der Waals surface area contributed by atoms with Crippen molar-refractivity contribution in [3.8, 4) is 0 Å². The Morgan fingerprint density at radius 3 is 2.35 bits per heavy atom. The minimum absolute atomic E-state index is 0.0523. The summed E-state index contributed by atoms with van der Waals surface area (Å²) in [5.41, 5.74) is 0.459. The summed E-state index contributed by atoms with van der Waals surface area (Å²) in [4.78, 5) is 13.2. The Bertz CT molecular complexity index is 541. The normalized spacial score (nSPS) is 14.1. The average molecular weight is 343 g/mol. The van der Waals surface area contributed by atoms with Crippen molar-refractivity contribution >= 4 is 13.5 Å². The molecule has 0 fully saturated rings. The van der Waals surface area contributed by atoms with E-state index in [2.05, 4.69) is 0 Å². The molecule has 0 saturated heterocycles. The topological polar surface area (TPSA) is 65.1 Å². The zero-order valence-electron chi connectivity index (χ0n) is 14.4. The maximum Gasteiger partial charge on any atom is 0.410 e. The van der Waals surface area contributed by atoms with E-state index in [1.54, 1.807) is 0 Å². The molecule has 1 atom stereocenters. The summed E-state index contributed by atoms with van der Waals surface area (Å²) in [7, 11) is -0.218. The second-order valence-corrected chi connectivity index (χ2v) is 8.80. The molecule has 0 bridgehead atoms. The van der Waals surface area contributed by atoms with Gasteiger partial charge in [-0.05, 0) is 26.3 Å². The first kappa shape index (κ1) is 19.7. The molecule has 0 N–H and O–H groups in total. The highest BCUT2D eigenvalue weighted by molar-refractivity contribution is 7.58. The maximum absolute atomic E-state index is 12.6. The first-order valence-electron chi connectivity index (χ1n) is 7.35. The van der Waals surface area contributed by atoms with Gasteiger partial charge in [0, 0.05) is 14.2 Å². The molecular formula is C16H26NO5P. The Kier molecular flexibility index (Phi) is 7.26. The number of ether oxygens (including phenoxy) is 2. The fraction of sp³-hybridized carbons (Fsp3) is 0.562. The molecule has 1 rings (SSSR count). The van der Waals surface area contributed by atoms with Gasteiger partial charge >= 0.3 is 6.09 Å². The summed E-state index contributed by atoms with van der Waals surface area (Å²) < 4.78 is 28.4. The van der Waals surface area contributed by atoms with Gasteiger partial charge in [-0.2, -0.15) is 0 Å². The van der Waals surface area contributed by atoms with E-state index in [0.717, 1.165) is 5.56 Å². The smallest absolute Gasteiger partial charge is 0.410 e. The lowest BCUT2D eigenvalue weighted by Gasteiger charge is -2.26. The van der Waals surface area contributed by atoms with Crippen LogP contribution in [0.4, 0.5) is 4.79 Å². The van der Waals surface area contributed by atoms with Crippen LogP contribution in [0.2, 0.25) is 0 Å². The van der Waals surface area contributed by atoms with Gasteiger partial charge in [0.25, 0.3) is 0 Å². The Hall–Kier alpha value is -1.36. The summed E-state index contributed by atoms with van der Waals surface area (Å²) in [5.74, 6) is 0. The lowest BCUT2D eigenvalue weighted by Crippen LogP contribution is -2.30. The number of hydrogen-bond donors (Lipinski definition) is 0. The molecule has 6 nitrogen and oxygen atoms in total. The van der Waals surface area contributed by atoms with Gasteiger partial charge in [0.05, 0.1) is 5.60 Å². The molecule has 1 aromatic rings. The van der Waals surface area contributed by atoms with Gasteiger partial charge in [-0.15, -0.1) is 0 Å². The van der Waals surface area contributed by atoms with Crippen LogP contribution in [0.1, 0.15) is 26.3 Å². The van der Waals surface area contributed by atoms with Crippen LogP contribution in [0, 0.1) is 0 Å². The second kappa shape index (κ2) is 8.48. The molecular weight excluding hydrogens is 317 g/mol. The molecule has 1 amide bonds. The fourth-order valence-corrected chi connectivity index (χ4v) is 3.30. The van der Waals surface area contributed by atoms with E-state index in [1.165, 1.54) is 19.1 Å². The van der Waals surface area contributed by atoms with E-state index in [1.807, 2.05) is 51.1 Å². The van der Waals surface area contributed by atoms with Crippen molar-refractivity contribution in [3.63, 3.8) is 0 Å². The second-order valence-electron chi connectivity index (χ2n) is 6.26. The lowest BCUT2D eigenvalue weighted by molar-refractivity contribution is 0.0200. The molecule has 0 aliphatic heterocycles. The minimum Gasteiger partial charge on any atom is -0.445 e. The maximum atomic E-state index is 12.6. The first-order valence-corrected chi connectivity index (χ1v) is 9.34. The van der Waals surface area contributed by atoms with Crippen molar-refractivity contribution in [3.05, 3.63) is 35.9 Å². The van der Waals surface area contributed by atoms with Gasteiger partial charge in [-0.1, -0.05) is 30.3 Å². The van der Waals surface area contributed by atoms with Gasteiger partial charge in [-0.25, -0.2) is 4.79 Å². The van der Waals surface area contributed by atoms with E-state index in [9.17, 15) is 9.36 Å². The Morgan fingerprint density at radius 1 is 1.22 bits per heavy atom. The molecule has 0 spiro atoms. The highest BCUT2D eigenvalue weighted by Gasteiger charge is 2.29. The molecule has 0 heterocycles. The van der Waals surface area contributed by atoms with Crippen LogP contribution < -0.4 is 0 Å². The lowest BCUT2D eigenvalue weighted by atomic mass is 10.2. The number of hydrogen-bond acceptors (Lipinski definition) is 5. The molecule has 1 unspecified atom stereocenters. The highest BCUT2D eigenvalue weighted by Crippen LogP contribution is 2.47. The molecule has 0 aliphatic carbocycles. The summed E-state index contributed by atoms with van der Waals surface area (Å²) in [5, 5.41) is 0. The van der Waals surface area contributed by atoms with Crippen LogP contribution in [0.15, 0.2) is 30.3 Å². The van der Waals surface area contributed by atoms with Gasteiger partial charge in [0.15, 0.2) is 0 Å². The predicted octanol–water partition coefficient (Wildman–Crippen LogP) is 3.91. The number of nitrogens with zero attached hydrogens (tertiary/aromatic N) is 1. The van der Waals surface area contributed by atoms with Gasteiger partial charge in [0.1, 0.15) is 19.2 Å². The molecule has 1 aromatic carbocycles. The molecule has 0 aromatic heterocycles. The number of rotatable bonds is 7. The average Bonchev–Trinajstić information content (AvgIpc) is 2.51. The Morgan fingerprint density at radius 2 is 1.83 bits per heavy atom. The number of carbonyl (C=O) groups is 1. The van der Waals surface area contributed by atoms with E-state index in [4.69, 9.17) is 14.0 Å². The number of carbonyl (C=O) groups excluding carboxylic acids is 1. The van der Waals surface area contributed by atoms with Crippen molar-refractivity contribution in [2.24, 2.45) is 0 Å². The molecule has 23 heavy (non-hydrogen) atoms. The number of benzene rings is 1. The minimum atomic E-state index is -3.10. The molecule has 0 aliphatic rings. The summed E-state index contributed by atoms with van der Waals surface area (Å²) >= 11 is 0. The van der Waals surface area contributed by atoms with Crippen LogP contribution in [0.3, 0.4) is 0 Å².